The first kappa shape index (κ1) is 13.7. The highest BCUT2D eigenvalue weighted by Gasteiger charge is 2.49. The maximum atomic E-state index is 12.1. The number of ether oxygens (including phenoxy) is 1. The van der Waals surface area contributed by atoms with Crippen molar-refractivity contribution in [2.24, 2.45) is 10.7 Å². The molecule has 0 saturated heterocycles. The Bertz CT molecular complexity index is 638. The smallest absolute Gasteiger partial charge is 0.346 e. The largest absolute Gasteiger partial charge is 0.497 e. The van der Waals surface area contributed by atoms with E-state index in [0.717, 1.165) is 18.6 Å². The third-order valence-corrected chi connectivity index (χ3v) is 4.46. The van der Waals surface area contributed by atoms with Crippen molar-refractivity contribution in [1.29, 1.82) is 0 Å². The Morgan fingerprint density at radius 3 is 3.05 bits per heavy atom. The van der Waals surface area contributed by atoms with Gasteiger partial charge in [-0.15, -0.1) is 6.58 Å². The first-order chi connectivity index (χ1) is 10.1. The minimum absolute atomic E-state index is 0.265. The maximum Gasteiger partial charge on any atom is 0.346 e. The molecule has 2 aliphatic rings. The van der Waals surface area contributed by atoms with E-state index in [9.17, 15) is 4.79 Å². The highest BCUT2D eigenvalue weighted by atomic mass is 16.5. The molecule has 0 fully saturated rings. The zero-order valence-electron chi connectivity index (χ0n) is 12.1. The molecular weight excluding hydrogens is 266 g/mol. The van der Waals surface area contributed by atoms with Crippen LogP contribution in [-0.2, 0) is 12.8 Å². The Labute approximate surface area is 124 Å². The van der Waals surface area contributed by atoms with Crippen molar-refractivity contribution >= 4 is 11.9 Å². The zero-order valence-corrected chi connectivity index (χ0v) is 12.1. The molecular formula is C16H19N3O2. The fraction of sp³-hybridized carbons (Fsp3) is 0.375. The van der Waals surface area contributed by atoms with Gasteiger partial charge in [0.15, 0.2) is 0 Å². The summed E-state index contributed by atoms with van der Waals surface area (Å²) >= 11 is 0. The molecule has 0 bridgehead atoms. The Hall–Kier alpha value is -2.30. The minimum Gasteiger partial charge on any atom is -0.497 e. The Morgan fingerprint density at radius 1 is 1.52 bits per heavy atom. The summed E-state index contributed by atoms with van der Waals surface area (Å²) in [6, 6.07) is 5.82. The van der Waals surface area contributed by atoms with Crippen LogP contribution in [0.2, 0.25) is 0 Å². The van der Waals surface area contributed by atoms with E-state index >= 15 is 0 Å². The number of amidine groups is 1. The lowest BCUT2D eigenvalue weighted by Gasteiger charge is -2.41. The van der Waals surface area contributed by atoms with E-state index in [4.69, 9.17) is 10.5 Å². The highest BCUT2D eigenvalue weighted by molar-refractivity contribution is 6.06. The summed E-state index contributed by atoms with van der Waals surface area (Å²) in [7, 11) is 1.65. The van der Waals surface area contributed by atoms with Crippen molar-refractivity contribution in [1.82, 2.24) is 4.90 Å². The first-order valence-electron chi connectivity index (χ1n) is 7.03. The molecule has 110 valence electrons. The summed E-state index contributed by atoms with van der Waals surface area (Å²) in [5.74, 6) is 1.24. The van der Waals surface area contributed by atoms with E-state index in [-0.39, 0.29) is 6.03 Å². The molecule has 5 heteroatoms. The van der Waals surface area contributed by atoms with Crippen molar-refractivity contribution < 1.29 is 9.53 Å². The second-order valence-electron chi connectivity index (χ2n) is 5.52. The summed E-state index contributed by atoms with van der Waals surface area (Å²) in [6.07, 6.45) is 4.06. The average Bonchev–Trinajstić information content (AvgIpc) is 2.71. The lowest BCUT2D eigenvalue weighted by Crippen LogP contribution is -2.57. The average molecular weight is 285 g/mol. The maximum absolute atomic E-state index is 12.1. The standard InChI is InChI=1S/C16H19N3O2/c1-3-8-19-15(20)18-14(17)16(19)7-6-11-4-5-13(21-2)9-12(11)10-16/h3-5,9H,1,6-8,10H2,2H3,(H2,17,18,20). The van der Waals surface area contributed by atoms with Gasteiger partial charge in [-0.1, -0.05) is 12.1 Å². The van der Waals surface area contributed by atoms with Gasteiger partial charge in [0.1, 0.15) is 17.1 Å². The van der Waals surface area contributed by atoms with Crippen LogP contribution in [0.3, 0.4) is 0 Å². The molecule has 1 unspecified atom stereocenters. The van der Waals surface area contributed by atoms with Crippen molar-refractivity contribution in [2.45, 2.75) is 24.8 Å². The number of amides is 2. The monoisotopic (exact) mass is 285 g/mol. The molecule has 1 aliphatic carbocycles. The molecule has 2 amide bonds. The first-order valence-corrected chi connectivity index (χ1v) is 7.03. The van der Waals surface area contributed by atoms with Crippen LogP contribution in [0, 0.1) is 0 Å². The molecule has 5 nitrogen and oxygen atoms in total. The molecule has 21 heavy (non-hydrogen) atoms. The molecule has 3 rings (SSSR count). The Kier molecular flexibility index (Phi) is 3.20. The number of nitrogens with zero attached hydrogens (tertiary/aromatic N) is 2. The number of hydrogen-bond acceptors (Lipinski definition) is 3. The van der Waals surface area contributed by atoms with Gasteiger partial charge >= 0.3 is 6.03 Å². The third-order valence-electron chi connectivity index (χ3n) is 4.46. The van der Waals surface area contributed by atoms with E-state index in [1.807, 2.05) is 12.1 Å². The van der Waals surface area contributed by atoms with Crippen LogP contribution in [0.25, 0.3) is 0 Å². The van der Waals surface area contributed by atoms with Gasteiger partial charge in [-0.05, 0) is 36.1 Å². The number of methoxy groups -OCH3 is 1. The number of fused-ring (bicyclic) bond motifs is 1. The van der Waals surface area contributed by atoms with E-state index < -0.39 is 5.54 Å². The number of benzene rings is 1. The van der Waals surface area contributed by atoms with Crippen LogP contribution in [0.15, 0.2) is 35.8 Å². The summed E-state index contributed by atoms with van der Waals surface area (Å²) in [5.41, 5.74) is 8.05. The molecule has 0 aromatic heterocycles. The number of aliphatic imine (C=N–C) groups is 1. The van der Waals surface area contributed by atoms with Gasteiger partial charge in [-0.2, -0.15) is 4.99 Å². The van der Waals surface area contributed by atoms with Crippen LogP contribution in [0.4, 0.5) is 4.79 Å². The SMILES string of the molecule is C=CCN1C(=O)N=C(N)C12CCc1ccc(OC)cc1C2. The molecule has 1 aromatic rings. The number of aryl methyl sites for hydroxylation is 1. The number of rotatable bonds is 3. The zero-order chi connectivity index (χ0) is 15.0. The highest BCUT2D eigenvalue weighted by Crippen LogP contribution is 2.38. The van der Waals surface area contributed by atoms with Gasteiger partial charge in [-0.25, -0.2) is 4.79 Å². The van der Waals surface area contributed by atoms with E-state index in [1.165, 1.54) is 11.1 Å². The number of carbonyl (C=O) groups is 1. The summed E-state index contributed by atoms with van der Waals surface area (Å²) in [5, 5.41) is 0. The van der Waals surface area contributed by atoms with Crippen LogP contribution in [0.5, 0.6) is 5.75 Å². The molecule has 1 aliphatic heterocycles. The Balaban J connectivity index is 2.01. The Morgan fingerprint density at radius 2 is 2.33 bits per heavy atom. The fourth-order valence-electron chi connectivity index (χ4n) is 3.30. The minimum atomic E-state index is -0.509. The quantitative estimate of drug-likeness (QED) is 0.862. The van der Waals surface area contributed by atoms with Gasteiger partial charge in [-0.3, -0.25) is 0 Å². The number of nitrogens with two attached hydrogens (primary N) is 1. The van der Waals surface area contributed by atoms with Crippen LogP contribution >= 0.6 is 0 Å². The summed E-state index contributed by atoms with van der Waals surface area (Å²) < 4.78 is 5.30. The van der Waals surface area contributed by atoms with Gasteiger partial charge < -0.3 is 15.4 Å². The molecule has 2 N–H and O–H groups in total. The lowest BCUT2D eigenvalue weighted by molar-refractivity contribution is 0.170. The number of urea groups is 1. The third kappa shape index (κ3) is 2.00. The van der Waals surface area contributed by atoms with E-state index in [1.54, 1.807) is 18.1 Å². The number of carbonyl (C=O) groups excluding carboxylic acids is 1. The van der Waals surface area contributed by atoms with Crippen molar-refractivity contribution in [3.05, 3.63) is 42.0 Å². The second kappa shape index (κ2) is 4.91. The van der Waals surface area contributed by atoms with Gasteiger partial charge in [0.2, 0.25) is 0 Å². The van der Waals surface area contributed by atoms with Crippen LogP contribution < -0.4 is 10.5 Å². The molecule has 0 saturated carbocycles. The molecule has 1 heterocycles. The summed E-state index contributed by atoms with van der Waals surface area (Å²) in [4.78, 5) is 17.8. The van der Waals surface area contributed by atoms with Crippen molar-refractivity contribution in [2.75, 3.05) is 13.7 Å². The predicted octanol–water partition coefficient (Wildman–Crippen LogP) is 1.90. The van der Waals surface area contributed by atoms with Crippen molar-refractivity contribution in [3.8, 4) is 5.75 Å². The normalized spacial score (nSPS) is 24.0. The molecule has 1 spiro atoms. The topological polar surface area (TPSA) is 67.9 Å². The molecule has 1 atom stereocenters. The second-order valence-corrected chi connectivity index (χ2v) is 5.52. The fourth-order valence-corrected chi connectivity index (χ4v) is 3.30. The molecule has 0 radical (unpaired) electrons. The van der Waals surface area contributed by atoms with Crippen LogP contribution in [-0.4, -0.2) is 36.0 Å². The molecule has 1 aromatic carbocycles. The van der Waals surface area contributed by atoms with Gasteiger partial charge in [0.05, 0.1) is 7.11 Å². The van der Waals surface area contributed by atoms with Crippen LogP contribution in [0.1, 0.15) is 17.5 Å². The predicted molar refractivity (Wildman–Crippen MR) is 81.7 cm³/mol. The lowest BCUT2D eigenvalue weighted by atomic mass is 9.76. The van der Waals surface area contributed by atoms with Crippen molar-refractivity contribution in [3.63, 3.8) is 0 Å². The van der Waals surface area contributed by atoms with Gasteiger partial charge in [0, 0.05) is 13.0 Å². The number of hydrogen-bond donors (Lipinski definition) is 1. The van der Waals surface area contributed by atoms with E-state index in [2.05, 4.69) is 17.6 Å². The summed E-state index contributed by atoms with van der Waals surface area (Å²) in [6.45, 7) is 4.19. The van der Waals surface area contributed by atoms with Gasteiger partial charge in [0.25, 0.3) is 0 Å². The van der Waals surface area contributed by atoms with E-state index in [0.29, 0.717) is 18.8 Å².